The fourth-order valence-corrected chi connectivity index (χ4v) is 3.78. The Hall–Kier alpha value is -2.71. The molecule has 2 rings (SSSR count). The van der Waals surface area contributed by atoms with Crippen LogP contribution in [0, 0.1) is 5.92 Å². The Bertz CT molecular complexity index is 889. The molecule has 1 aromatic heterocycles. The summed E-state index contributed by atoms with van der Waals surface area (Å²) < 4.78 is 21.1. The topological polar surface area (TPSA) is 112 Å². The van der Waals surface area contributed by atoms with E-state index < -0.39 is 23.6 Å². The molecule has 31 heavy (non-hydrogen) atoms. The second kappa shape index (κ2) is 10.1. The number of rotatable bonds is 4. The lowest BCUT2D eigenvalue weighted by Crippen LogP contribution is -2.36. The SMILES string of the molecule is C=C(C)C1C/C=C(/C(=O)OC)CC(=O)C[C@@](C)(O)[C@H](OC)c2cc(C(=O)OC)c(o2)C1. The number of esters is 2. The molecule has 3 atom stereocenters. The summed E-state index contributed by atoms with van der Waals surface area (Å²) in [6.45, 7) is 7.29. The van der Waals surface area contributed by atoms with Gasteiger partial charge in [-0.2, -0.15) is 0 Å². The number of methoxy groups -OCH3 is 3. The molecular formula is C23H30O8. The average molecular weight is 434 g/mol. The first kappa shape index (κ1) is 24.6. The Balaban J connectivity index is 2.64. The molecule has 0 aromatic carbocycles. The van der Waals surface area contributed by atoms with Gasteiger partial charge in [0.05, 0.1) is 14.2 Å². The zero-order chi connectivity index (χ0) is 23.3. The molecule has 8 heteroatoms. The fourth-order valence-electron chi connectivity index (χ4n) is 3.78. The van der Waals surface area contributed by atoms with E-state index in [0.717, 1.165) is 5.57 Å². The molecule has 0 amide bonds. The van der Waals surface area contributed by atoms with Gasteiger partial charge in [0.25, 0.3) is 0 Å². The zero-order valence-corrected chi connectivity index (χ0v) is 18.6. The van der Waals surface area contributed by atoms with Crippen LogP contribution >= 0.6 is 0 Å². The highest BCUT2D eigenvalue weighted by atomic mass is 16.5. The van der Waals surface area contributed by atoms with Crippen molar-refractivity contribution in [3.05, 3.63) is 47.0 Å². The van der Waals surface area contributed by atoms with Crippen molar-refractivity contribution in [1.29, 1.82) is 0 Å². The van der Waals surface area contributed by atoms with Crippen LogP contribution in [0.4, 0.5) is 0 Å². The Labute approximate surface area is 181 Å². The second-order valence-electron chi connectivity index (χ2n) is 8.05. The van der Waals surface area contributed by atoms with E-state index in [1.165, 1.54) is 34.3 Å². The van der Waals surface area contributed by atoms with E-state index in [1.807, 2.05) is 6.92 Å². The van der Waals surface area contributed by atoms with Crippen molar-refractivity contribution in [2.24, 2.45) is 5.92 Å². The highest BCUT2D eigenvalue weighted by Crippen LogP contribution is 2.37. The van der Waals surface area contributed by atoms with Crippen molar-refractivity contribution < 1.29 is 38.1 Å². The maximum atomic E-state index is 12.7. The highest BCUT2D eigenvalue weighted by Gasteiger charge is 2.39. The van der Waals surface area contributed by atoms with Gasteiger partial charge in [-0.15, -0.1) is 0 Å². The molecule has 170 valence electrons. The standard InChI is InChI=1S/C23H30O8/c1-13(2)14-7-8-15(21(25)29-5)9-16(24)12-23(3,27)20(28-4)19-11-17(22(26)30-6)18(10-14)31-19/h8,11,14,20,27H,1,7,9-10,12H2,2-6H3/b15-8+/t14?,20-,23-/m1/s1. The molecular weight excluding hydrogens is 404 g/mol. The van der Waals surface area contributed by atoms with Crippen LogP contribution in [0.5, 0.6) is 0 Å². The fraction of sp³-hybridized carbons (Fsp3) is 0.522. The number of aliphatic hydroxyl groups is 1. The van der Waals surface area contributed by atoms with Gasteiger partial charge in [0, 0.05) is 31.9 Å². The van der Waals surface area contributed by atoms with Crippen LogP contribution in [0.3, 0.4) is 0 Å². The quantitative estimate of drug-likeness (QED) is 0.568. The Morgan fingerprint density at radius 3 is 2.42 bits per heavy atom. The van der Waals surface area contributed by atoms with Crippen molar-refractivity contribution in [3.63, 3.8) is 0 Å². The summed E-state index contributed by atoms with van der Waals surface area (Å²) in [6.07, 6.45) is 0.824. The molecule has 1 aliphatic rings. The minimum Gasteiger partial charge on any atom is -0.466 e. The van der Waals surface area contributed by atoms with Crippen LogP contribution in [0.25, 0.3) is 0 Å². The normalized spacial score (nSPS) is 26.5. The molecule has 1 unspecified atom stereocenters. The molecule has 1 aliphatic heterocycles. The minimum absolute atomic E-state index is 0.181. The third-order valence-electron chi connectivity index (χ3n) is 5.46. The van der Waals surface area contributed by atoms with Gasteiger partial charge >= 0.3 is 11.9 Å². The zero-order valence-electron chi connectivity index (χ0n) is 18.6. The number of ketones is 1. The molecule has 1 N–H and O–H groups in total. The lowest BCUT2D eigenvalue weighted by atomic mass is 9.87. The lowest BCUT2D eigenvalue weighted by molar-refractivity contribution is -0.139. The maximum Gasteiger partial charge on any atom is 0.341 e. The van der Waals surface area contributed by atoms with E-state index >= 15 is 0 Å². The van der Waals surface area contributed by atoms with Gasteiger partial charge < -0.3 is 23.7 Å². The van der Waals surface area contributed by atoms with E-state index in [-0.39, 0.29) is 41.4 Å². The number of allylic oxidation sites excluding steroid dienone is 2. The summed E-state index contributed by atoms with van der Waals surface area (Å²) in [4.78, 5) is 37.3. The molecule has 1 aromatic rings. The van der Waals surface area contributed by atoms with Crippen molar-refractivity contribution in [1.82, 2.24) is 0 Å². The largest absolute Gasteiger partial charge is 0.466 e. The molecule has 0 radical (unpaired) electrons. The molecule has 0 aliphatic carbocycles. The molecule has 0 fully saturated rings. The van der Waals surface area contributed by atoms with Crippen molar-refractivity contribution in [2.45, 2.75) is 51.2 Å². The first-order valence-electron chi connectivity index (χ1n) is 9.94. The summed E-state index contributed by atoms with van der Waals surface area (Å²) in [5, 5.41) is 11.0. The summed E-state index contributed by atoms with van der Waals surface area (Å²) in [6, 6.07) is 1.48. The van der Waals surface area contributed by atoms with Crippen molar-refractivity contribution in [2.75, 3.05) is 21.3 Å². The predicted molar refractivity (Wildman–Crippen MR) is 111 cm³/mol. The van der Waals surface area contributed by atoms with Crippen molar-refractivity contribution in [3.8, 4) is 0 Å². The maximum absolute atomic E-state index is 12.7. The molecule has 8 nitrogen and oxygen atoms in total. The van der Waals surface area contributed by atoms with Gasteiger partial charge in [0.15, 0.2) is 0 Å². The Kier molecular flexibility index (Phi) is 7.97. The monoisotopic (exact) mass is 434 g/mol. The highest BCUT2D eigenvalue weighted by molar-refractivity contribution is 5.96. The summed E-state index contributed by atoms with van der Waals surface area (Å²) in [7, 11) is 3.88. The Morgan fingerprint density at radius 1 is 1.23 bits per heavy atom. The predicted octanol–water partition coefficient (Wildman–Crippen LogP) is 3.09. The van der Waals surface area contributed by atoms with E-state index in [9.17, 15) is 19.5 Å². The number of carbonyl (C=O) groups excluding carboxylic acids is 3. The van der Waals surface area contributed by atoms with Crippen LogP contribution in [0.2, 0.25) is 0 Å². The van der Waals surface area contributed by atoms with Crippen LogP contribution in [-0.4, -0.2) is 49.8 Å². The third kappa shape index (κ3) is 5.71. The van der Waals surface area contributed by atoms with E-state index in [0.29, 0.717) is 18.6 Å². The minimum atomic E-state index is -1.66. The molecule has 0 saturated carbocycles. The molecule has 0 saturated heterocycles. The van der Waals surface area contributed by atoms with E-state index in [2.05, 4.69) is 6.58 Å². The number of hydrogen-bond donors (Lipinski definition) is 1. The number of Topliss-reactive ketones (excluding diaryl/α,β-unsaturated/α-hetero) is 1. The number of furan rings is 1. The van der Waals surface area contributed by atoms with Crippen molar-refractivity contribution >= 4 is 17.7 Å². The molecule has 2 bridgehead atoms. The summed E-state index contributed by atoms with van der Waals surface area (Å²) in [5.41, 5.74) is -0.430. The van der Waals surface area contributed by atoms with Gasteiger partial charge in [-0.05, 0) is 32.3 Å². The lowest BCUT2D eigenvalue weighted by Gasteiger charge is -2.30. The average Bonchev–Trinajstić information content (AvgIpc) is 3.11. The molecule has 0 spiro atoms. The van der Waals surface area contributed by atoms with Crippen LogP contribution < -0.4 is 0 Å². The molecule has 2 heterocycles. The van der Waals surface area contributed by atoms with Gasteiger partial charge in [-0.1, -0.05) is 18.2 Å². The van der Waals surface area contributed by atoms with Crippen LogP contribution in [-0.2, 0) is 30.2 Å². The van der Waals surface area contributed by atoms with Crippen LogP contribution in [0.15, 0.2) is 34.3 Å². The Morgan fingerprint density at radius 2 is 1.87 bits per heavy atom. The van der Waals surface area contributed by atoms with E-state index in [4.69, 9.17) is 18.6 Å². The van der Waals surface area contributed by atoms with E-state index in [1.54, 1.807) is 6.08 Å². The van der Waals surface area contributed by atoms with Gasteiger partial charge in [-0.3, -0.25) is 4.79 Å². The van der Waals surface area contributed by atoms with Gasteiger partial charge in [-0.25, -0.2) is 9.59 Å². The number of fused-ring (bicyclic) bond motifs is 2. The smallest absolute Gasteiger partial charge is 0.341 e. The second-order valence-corrected chi connectivity index (χ2v) is 8.05. The van der Waals surface area contributed by atoms with Crippen LogP contribution in [0.1, 0.15) is 61.1 Å². The summed E-state index contributed by atoms with van der Waals surface area (Å²) in [5.74, 6) is -1.19. The first-order chi connectivity index (χ1) is 14.5. The van der Waals surface area contributed by atoms with Gasteiger partial charge in [0.1, 0.15) is 34.6 Å². The summed E-state index contributed by atoms with van der Waals surface area (Å²) >= 11 is 0. The number of hydrogen-bond acceptors (Lipinski definition) is 8. The van der Waals surface area contributed by atoms with Gasteiger partial charge in [0.2, 0.25) is 0 Å². The number of carbonyl (C=O) groups is 3. The third-order valence-corrected chi connectivity index (χ3v) is 5.46. The number of ether oxygens (including phenoxy) is 3. The first-order valence-corrected chi connectivity index (χ1v) is 9.94.